The van der Waals surface area contributed by atoms with Crippen molar-refractivity contribution in [3.05, 3.63) is 180 Å². The van der Waals surface area contributed by atoms with Crippen LogP contribution in [0.1, 0.15) is 22.5 Å². The third kappa shape index (κ3) is 4.93. The summed E-state index contributed by atoms with van der Waals surface area (Å²) in [7, 11) is 0. The zero-order chi connectivity index (χ0) is 25.6. The van der Waals surface area contributed by atoms with Gasteiger partial charge in [-0.05, 0) is 35.4 Å². The van der Waals surface area contributed by atoms with Gasteiger partial charge in [-0.1, -0.05) is 133 Å². The first-order valence-corrected chi connectivity index (χ1v) is 12.8. The number of nitrogens with zero attached hydrogens (tertiary/aromatic N) is 2. The van der Waals surface area contributed by atoms with Crippen molar-refractivity contribution in [2.75, 3.05) is 0 Å². The lowest BCUT2D eigenvalue weighted by Crippen LogP contribution is -2.02. The number of hydrogen-bond acceptors (Lipinski definition) is 2. The van der Waals surface area contributed by atoms with Gasteiger partial charge in [0, 0.05) is 22.3 Å². The Hall–Kier alpha value is -5.08. The van der Waals surface area contributed by atoms with Crippen LogP contribution in [-0.4, -0.2) is 9.97 Å². The van der Waals surface area contributed by atoms with Crippen LogP contribution in [0.3, 0.4) is 0 Å². The smallest absolute Gasteiger partial charge is 0.0737 e. The molecule has 0 saturated heterocycles. The predicted molar refractivity (Wildman–Crippen MR) is 157 cm³/mol. The molecule has 6 aromatic rings. The summed E-state index contributed by atoms with van der Waals surface area (Å²) in [5, 5.41) is 0. The van der Waals surface area contributed by atoms with E-state index in [-0.39, 0.29) is 0 Å². The average molecular weight is 487 g/mol. The van der Waals surface area contributed by atoms with Crippen LogP contribution in [0.2, 0.25) is 0 Å². The zero-order valence-corrected chi connectivity index (χ0v) is 20.9. The quantitative estimate of drug-likeness (QED) is 0.235. The standard InChI is InChI=1S/C36H26N2/c1-5-15-27(16-6-1)31-23-13-25-33(37-31)36(34-26-14-24-32(38-34)28-17-7-2-8-18-28)35(29-19-9-3-10-20-29)30-21-11-4-12-22-30/h1-26H. The Balaban J connectivity index is 1.66. The van der Waals surface area contributed by atoms with Crippen LogP contribution >= 0.6 is 0 Å². The van der Waals surface area contributed by atoms with E-state index < -0.39 is 0 Å². The first-order valence-electron chi connectivity index (χ1n) is 12.8. The number of rotatable bonds is 6. The molecular formula is C36H26N2. The van der Waals surface area contributed by atoms with Crippen LogP contribution in [0.25, 0.3) is 33.7 Å². The van der Waals surface area contributed by atoms with Gasteiger partial charge >= 0.3 is 0 Å². The molecule has 0 aliphatic carbocycles. The summed E-state index contributed by atoms with van der Waals surface area (Å²) in [4.78, 5) is 10.4. The van der Waals surface area contributed by atoms with Crippen molar-refractivity contribution in [2.24, 2.45) is 0 Å². The molecule has 0 spiro atoms. The Labute approximate surface area is 223 Å². The summed E-state index contributed by atoms with van der Waals surface area (Å²) in [6.07, 6.45) is 0. The molecule has 0 atom stereocenters. The van der Waals surface area contributed by atoms with E-state index >= 15 is 0 Å². The normalized spacial score (nSPS) is 10.6. The molecule has 2 aromatic heterocycles. The molecule has 2 heterocycles. The number of pyridine rings is 2. The lowest BCUT2D eigenvalue weighted by Gasteiger charge is -2.18. The molecule has 0 bridgehead atoms. The second-order valence-corrected chi connectivity index (χ2v) is 9.03. The van der Waals surface area contributed by atoms with E-state index in [9.17, 15) is 0 Å². The molecule has 38 heavy (non-hydrogen) atoms. The fourth-order valence-corrected chi connectivity index (χ4v) is 4.74. The van der Waals surface area contributed by atoms with Crippen molar-refractivity contribution in [1.29, 1.82) is 0 Å². The largest absolute Gasteiger partial charge is 0.248 e. The Bertz CT molecular complexity index is 1550. The minimum Gasteiger partial charge on any atom is -0.248 e. The van der Waals surface area contributed by atoms with E-state index in [1.165, 1.54) is 0 Å². The van der Waals surface area contributed by atoms with E-state index in [0.29, 0.717) is 0 Å². The minimum atomic E-state index is 0.881. The molecule has 0 N–H and O–H groups in total. The van der Waals surface area contributed by atoms with Crippen LogP contribution in [0.5, 0.6) is 0 Å². The number of aromatic nitrogens is 2. The SMILES string of the molecule is c1ccc(C(=C(c2cccc(-c3ccccc3)n2)c2cccc(-c3ccccc3)n2)c2ccccc2)cc1. The maximum Gasteiger partial charge on any atom is 0.0737 e. The summed E-state index contributed by atoms with van der Waals surface area (Å²) < 4.78 is 0. The van der Waals surface area contributed by atoms with Gasteiger partial charge in [0.05, 0.1) is 22.8 Å². The Kier molecular flexibility index (Phi) is 6.69. The summed E-state index contributed by atoms with van der Waals surface area (Å²) in [6.45, 7) is 0. The van der Waals surface area contributed by atoms with Crippen molar-refractivity contribution in [3.63, 3.8) is 0 Å². The molecule has 4 aromatic carbocycles. The first kappa shape index (κ1) is 23.3. The van der Waals surface area contributed by atoms with Gasteiger partial charge < -0.3 is 0 Å². The molecule has 0 fully saturated rings. The van der Waals surface area contributed by atoms with E-state index in [4.69, 9.17) is 9.97 Å². The fourth-order valence-electron chi connectivity index (χ4n) is 4.74. The number of benzene rings is 4. The zero-order valence-electron chi connectivity index (χ0n) is 20.9. The first-order chi connectivity index (χ1) is 18.9. The molecule has 180 valence electrons. The van der Waals surface area contributed by atoms with Crippen LogP contribution in [0.4, 0.5) is 0 Å². The van der Waals surface area contributed by atoms with Gasteiger partial charge in [-0.15, -0.1) is 0 Å². The minimum absolute atomic E-state index is 0.881. The lowest BCUT2D eigenvalue weighted by molar-refractivity contribution is 1.22. The Morgan fingerprint density at radius 3 is 1.08 bits per heavy atom. The Morgan fingerprint density at radius 1 is 0.316 bits per heavy atom. The highest BCUT2D eigenvalue weighted by molar-refractivity contribution is 6.03. The van der Waals surface area contributed by atoms with E-state index in [2.05, 4.69) is 109 Å². The third-order valence-corrected chi connectivity index (χ3v) is 6.52. The molecule has 0 aliphatic rings. The maximum absolute atomic E-state index is 5.20. The molecule has 0 unspecified atom stereocenters. The monoisotopic (exact) mass is 486 g/mol. The summed E-state index contributed by atoms with van der Waals surface area (Å²) >= 11 is 0. The van der Waals surface area contributed by atoms with Crippen LogP contribution < -0.4 is 0 Å². The van der Waals surface area contributed by atoms with Gasteiger partial charge in [0.15, 0.2) is 0 Å². The summed E-state index contributed by atoms with van der Waals surface area (Å²) in [5.74, 6) is 0. The van der Waals surface area contributed by atoms with Gasteiger partial charge in [-0.3, -0.25) is 0 Å². The van der Waals surface area contributed by atoms with Crippen LogP contribution in [0.15, 0.2) is 158 Å². The molecular weight excluding hydrogens is 460 g/mol. The molecule has 0 aliphatic heterocycles. The van der Waals surface area contributed by atoms with Crippen LogP contribution in [-0.2, 0) is 0 Å². The van der Waals surface area contributed by atoms with Gasteiger partial charge in [0.25, 0.3) is 0 Å². The molecule has 2 heteroatoms. The average Bonchev–Trinajstić information content (AvgIpc) is 3.02. The topological polar surface area (TPSA) is 25.8 Å². The summed E-state index contributed by atoms with van der Waals surface area (Å²) in [5.41, 5.74) is 10.1. The highest BCUT2D eigenvalue weighted by atomic mass is 14.8. The van der Waals surface area contributed by atoms with Crippen molar-refractivity contribution >= 4 is 11.1 Å². The predicted octanol–water partition coefficient (Wildman–Crippen LogP) is 8.82. The highest BCUT2D eigenvalue weighted by Crippen LogP contribution is 2.36. The molecule has 0 saturated carbocycles. The fraction of sp³-hybridized carbons (Fsp3) is 0. The number of hydrogen-bond donors (Lipinski definition) is 0. The van der Waals surface area contributed by atoms with Gasteiger partial charge in [0.1, 0.15) is 0 Å². The van der Waals surface area contributed by atoms with E-state index in [0.717, 1.165) is 56.2 Å². The Morgan fingerprint density at radius 2 is 0.684 bits per heavy atom. The highest BCUT2D eigenvalue weighted by Gasteiger charge is 2.19. The molecule has 6 rings (SSSR count). The van der Waals surface area contributed by atoms with E-state index in [1.54, 1.807) is 0 Å². The van der Waals surface area contributed by atoms with Crippen molar-refractivity contribution in [3.8, 4) is 22.5 Å². The molecule has 2 nitrogen and oxygen atoms in total. The second-order valence-electron chi connectivity index (χ2n) is 9.03. The van der Waals surface area contributed by atoms with Gasteiger partial charge in [0.2, 0.25) is 0 Å². The van der Waals surface area contributed by atoms with Crippen molar-refractivity contribution in [1.82, 2.24) is 9.97 Å². The molecule has 0 amide bonds. The van der Waals surface area contributed by atoms with Gasteiger partial charge in [-0.2, -0.15) is 0 Å². The maximum atomic E-state index is 5.20. The van der Waals surface area contributed by atoms with Crippen molar-refractivity contribution in [2.45, 2.75) is 0 Å². The second kappa shape index (κ2) is 10.9. The third-order valence-electron chi connectivity index (χ3n) is 6.52. The summed E-state index contributed by atoms with van der Waals surface area (Å²) in [6, 6.07) is 54.1. The lowest BCUT2D eigenvalue weighted by atomic mass is 9.89. The van der Waals surface area contributed by atoms with Crippen molar-refractivity contribution < 1.29 is 0 Å². The molecule has 0 radical (unpaired) electrons. The van der Waals surface area contributed by atoms with E-state index in [1.807, 2.05) is 48.5 Å². The van der Waals surface area contributed by atoms with Gasteiger partial charge in [-0.25, -0.2) is 9.97 Å². The van der Waals surface area contributed by atoms with Crippen LogP contribution in [0, 0.1) is 0 Å².